The van der Waals surface area contributed by atoms with Crippen molar-refractivity contribution in [1.82, 2.24) is 19.1 Å². The summed E-state index contributed by atoms with van der Waals surface area (Å²) in [5.41, 5.74) is -2.56. The van der Waals surface area contributed by atoms with Crippen molar-refractivity contribution in [3.8, 4) is 17.6 Å². The highest BCUT2D eigenvalue weighted by Gasteiger charge is 2.36. The Morgan fingerprint density at radius 1 is 1.23 bits per heavy atom. The molecule has 0 aliphatic heterocycles. The quantitative estimate of drug-likeness (QED) is 0.618. The van der Waals surface area contributed by atoms with Crippen LogP contribution in [0.2, 0.25) is 0 Å². The van der Waals surface area contributed by atoms with Gasteiger partial charge in [0.05, 0.1) is 21.7 Å². The normalized spacial score (nSPS) is 12.3. The summed E-state index contributed by atoms with van der Waals surface area (Å²) in [5.74, 6) is -0.387. The van der Waals surface area contributed by atoms with Gasteiger partial charge < -0.3 is 9.13 Å². The van der Waals surface area contributed by atoms with Crippen LogP contribution in [0.15, 0.2) is 28.0 Å². The van der Waals surface area contributed by atoms with Crippen molar-refractivity contribution in [2.24, 2.45) is 7.05 Å². The zero-order valence-corrected chi connectivity index (χ0v) is 17.0. The zero-order valence-electron chi connectivity index (χ0n) is 16.1. The number of rotatable bonds is 4. The van der Waals surface area contributed by atoms with Crippen molar-refractivity contribution in [1.29, 1.82) is 5.26 Å². The van der Waals surface area contributed by atoms with E-state index in [0.29, 0.717) is 4.57 Å². The number of aromatic nitrogens is 4. The molecule has 30 heavy (non-hydrogen) atoms. The molecule has 3 heterocycles. The Morgan fingerprint density at radius 3 is 2.43 bits per heavy atom. The summed E-state index contributed by atoms with van der Waals surface area (Å²) in [6, 6.07) is 3.68. The monoisotopic (exact) mass is 439 g/mol. The zero-order chi connectivity index (χ0) is 22.4. The Kier molecular flexibility index (Phi) is 5.19. The Labute approximate surface area is 169 Å². The smallest absolute Gasteiger partial charge is 0.321 e. The molecule has 0 aromatic carbocycles. The fourth-order valence-corrected chi connectivity index (χ4v) is 4.20. The average Bonchev–Trinajstić information content (AvgIpc) is 3.03. The Bertz CT molecular complexity index is 1360. The number of hydrogen-bond acceptors (Lipinski definition) is 6. The van der Waals surface area contributed by atoms with Gasteiger partial charge in [0.15, 0.2) is 15.7 Å². The number of imidazole rings is 1. The van der Waals surface area contributed by atoms with Crippen LogP contribution in [0, 0.1) is 11.3 Å². The number of hydrogen-bond donors (Lipinski definition) is 0. The first-order chi connectivity index (χ1) is 14.0. The van der Waals surface area contributed by atoms with E-state index in [1.165, 1.54) is 25.5 Å². The summed E-state index contributed by atoms with van der Waals surface area (Å²) in [7, 11) is -2.46. The largest absolute Gasteiger partial charge is 0.431 e. The van der Waals surface area contributed by atoms with Crippen molar-refractivity contribution >= 4 is 20.9 Å². The molecule has 0 amide bonds. The van der Waals surface area contributed by atoms with Gasteiger partial charge in [-0.25, -0.2) is 13.4 Å². The van der Waals surface area contributed by atoms with Gasteiger partial charge in [-0.05, 0) is 19.1 Å². The molecule has 0 saturated carbocycles. The topological polar surface area (TPSA) is 111 Å². The van der Waals surface area contributed by atoms with Crippen LogP contribution in [0.5, 0.6) is 0 Å². The lowest BCUT2D eigenvalue weighted by atomic mass is 10.2. The van der Waals surface area contributed by atoms with Gasteiger partial charge in [-0.2, -0.15) is 18.4 Å². The Balaban J connectivity index is 2.43. The van der Waals surface area contributed by atoms with E-state index in [-0.39, 0.29) is 45.3 Å². The molecule has 0 N–H and O–H groups in total. The number of nitriles is 1. The third-order valence-electron chi connectivity index (χ3n) is 4.65. The van der Waals surface area contributed by atoms with E-state index >= 15 is 0 Å². The van der Waals surface area contributed by atoms with Gasteiger partial charge >= 0.3 is 6.18 Å². The van der Waals surface area contributed by atoms with Gasteiger partial charge in [0.25, 0.3) is 5.56 Å². The van der Waals surface area contributed by atoms with E-state index in [1.807, 2.05) is 0 Å². The second-order valence-electron chi connectivity index (χ2n) is 6.39. The molecule has 0 spiro atoms. The molecule has 0 aliphatic carbocycles. The van der Waals surface area contributed by atoms with Crippen LogP contribution in [0.25, 0.3) is 22.6 Å². The molecular formula is C18H16F3N5O3S. The molecule has 12 heteroatoms. The van der Waals surface area contributed by atoms with E-state index in [4.69, 9.17) is 5.26 Å². The minimum Gasteiger partial charge on any atom is -0.321 e. The summed E-state index contributed by atoms with van der Waals surface area (Å²) >= 11 is 0. The third-order valence-corrected chi connectivity index (χ3v) is 6.39. The lowest BCUT2D eigenvalue weighted by molar-refractivity contribution is -0.144. The molecule has 3 aromatic heterocycles. The molecule has 0 aliphatic rings. The van der Waals surface area contributed by atoms with Crippen molar-refractivity contribution in [3.05, 3.63) is 39.9 Å². The van der Waals surface area contributed by atoms with Crippen molar-refractivity contribution in [2.75, 3.05) is 5.75 Å². The van der Waals surface area contributed by atoms with Crippen LogP contribution < -0.4 is 5.56 Å². The number of halogens is 3. The van der Waals surface area contributed by atoms with Crippen LogP contribution in [0.3, 0.4) is 0 Å². The number of pyridine rings is 2. The minimum atomic E-state index is -4.77. The maximum Gasteiger partial charge on any atom is 0.431 e. The Hall–Kier alpha value is -3.20. The standard InChI is InChI=1S/C18H16F3N5O3S/c1-4-26-13(18(19,20)21)7-11-15(17(26)27)25(3)16(24-11)14-12(30(28,29)5-2)6-10(8-22)9-23-14/h6-7,9H,4-5H2,1-3H3. The van der Waals surface area contributed by atoms with Crippen LogP contribution in [0.1, 0.15) is 25.1 Å². The second kappa shape index (κ2) is 7.24. The van der Waals surface area contributed by atoms with Gasteiger partial charge in [-0.15, -0.1) is 0 Å². The predicted octanol–water partition coefficient (Wildman–Crippen LogP) is 2.50. The molecule has 3 rings (SSSR count). The molecule has 0 bridgehead atoms. The van der Waals surface area contributed by atoms with Gasteiger partial charge in [-0.1, -0.05) is 6.92 Å². The summed E-state index contributed by atoms with van der Waals surface area (Å²) in [5, 5.41) is 9.08. The van der Waals surface area contributed by atoms with E-state index in [9.17, 15) is 26.4 Å². The first-order valence-electron chi connectivity index (χ1n) is 8.77. The number of alkyl halides is 3. The summed E-state index contributed by atoms with van der Waals surface area (Å²) in [6.45, 7) is 2.60. The van der Waals surface area contributed by atoms with Gasteiger partial charge in [0, 0.05) is 19.8 Å². The van der Waals surface area contributed by atoms with Crippen LogP contribution in [0.4, 0.5) is 13.2 Å². The molecule has 0 radical (unpaired) electrons. The summed E-state index contributed by atoms with van der Waals surface area (Å²) in [4.78, 5) is 20.6. The van der Waals surface area contributed by atoms with Crippen molar-refractivity contribution in [2.45, 2.75) is 31.5 Å². The number of fused-ring (bicyclic) bond motifs is 1. The number of aryl methyl sites for hydroxylation is 1. The first kappa shape index (κ1) is 21.5. The number of sulfone groups is 1. The third kappa shape index (κ3) is 3.35. The van der Waals surface area contributed by atoms with E-state index in [1.54, 1.807) is 6.07 Å². The molecule has 158 valence electrons. The Morgan fingerprint density at radius 2 is 1.90 bits per heavy atom. The lowest BCUT2D eigenvalue weighted by Crippen LogP contribution is -2.28. The fourth-order valence-electron chi connectivity index (χ4n) is 3.14. The molecule has 0 fully saturated rings. The van der Waals surface area contributed by atoms with Gasteiger partial charge in [-0.3, -0.25) is 9.78 Å². The van der Waals surface area contributed by atoms with Gasteiger partial charge in [0.1, 0.15) is 23.0 Å². The maximum absolute atomic E-state index is 13.4. The molecule has 0 unspecified atom stereocenters. The molecule has 8 nitrogen and oxygen atoms in total. The van der Waals surface area contributed by atoms with Crippen LogP contribution >= 0.6 is 0 Å². The first-order valence-corrected chi connectivity index (χ1v) is 10.4. The van der Waals surface area contributed by atoms with E-state index in [2.05, 4.69) is 9.97 Å². The number of nitrogens with zero attached hydrogens (tertiary/aromatic N) is 5. The predicted molar refractivity (Wildman–Crippen MR) is 101 cm³/mol. The van der Waals surface area contributed by atoms with Crippen LogP contribution in [-0.2, 0) is 29.6 Å². The highest BCUT2D eigenvalue weighted by molar-refractivity contribution is 7.91. The van der Waals surface area contributed by atoms with E-state index < -0.39 is 27.3 Å². The molecule has 0 atom stereocenters. The maximum atomic E-state index is 13.4. The SMILES string of the molecule is CCn1c(C(F)(F)F)cc2nc(-c3ncc(C#N)cc3S(=O)(=O)CC)n(C)c2c1=O. The minimum absolute atomic E-state index is 0.00256. The molecule has 0 saturated heterocycles. The lowest BCUT2D eigenvalue weighted by Gasteiger charge is -2.14. The average molecular weight is 439 g/mol. The molecule has 3 aromatic rings. The highest BCUT2D eigenvalue weighted by atomic mass is 32.2. The van der Waals surface area contributed by atoms with Gasteiger partial charge in [0.2, 0.25) is 0 Å². The summed E-state index contributed by atoms with van der Waals surface area (Å²) < 4.78 is 67.1. The van der Waals surface area contributed by atoms with Crippen molar-refractivity contribution in [3.63, 3.8) is 0 Å². The van der Waals surface area contributed by atoms with E-state index in [0.717, 1.165) is 18.3 Å². The molecular weight excluding hydrogens is 423 g/mol. The van der Waals surface area contributed by atoms with Crippen LogP contribution in [-0.4, -0.2) is 33.3 Å². The summed E-state index contributed by atoms with van der Waals surface area (Å²) in [6.07, 6.45) is -3.64. The van der Waals surface area contributed by atoms with Crippen molar-refractivity contribution < 1.29 is 21.6 Å². The highest BCUT2D eigenvalue weighted by Crippen LogP contribution is 2.32. The fraction of sp³-hybridized carbons (Fsp3) is 0.333. The second-order valence-corrected chi connectivity index (χ2v) is 8.64.